The van der Waals surface area contributed by atoms with Gasteiger partial charge in [-0.25, -0.2) is 4.98 Å². The number of nitrogens with one attached hydrogen (secondary N) is 1. The lowest BCUT2D eigenvalue weighted by Crippen LogP contribution is -2.23. The van der Waals surface area contributed by atoms with Crippen molar-refractivity contribution in [2.24, 2.45) is 0 Å². The maximum atomic E-state index is 12.9. The summed E-state index contributed by atoms with van der Waals surface area (Å²) >= 11 is 1.62. The fraction of sp³-hybridized carbons (Fsp3) is 0.0909. The van der Waals surface area contributed by atoms with Gasteiger partial charge in [-0.15, -0.1) is 11.3 Å². The zero-order chi connectivity index (χ0) is 17.9. The third-order valence-electron chi connectivity index (χ3n) is 4.31. The minimum absolute atomic E-state index is 0.0815. The van der Waals surface area contributed by atoms with Gasteiger partial charge in [0, 0.05) is 11.9 Å². The molecular weight excluding hydrogens is 340 g/mol. The number of hydrogen-bond donors (Lipinski definition) is 1. The first-order valence-corrected chi connectivity index (χ1v) is 9.36. The molecule has 0 unspecified atom stereocenters. The van der Waals surface area contributed by atoms with Crippen LogP contribution in [0.25, 0.3) is 21.5 Å². The Bertz CT molecular complexity index is 1050. The summed E-state index contributed by atoms with van der Waals surface area (Å²) in [4.78, 5) is 18.7. The van der Waals surface area contributed by atoms with Crippen molar-refractivity contribution in [1.29, 1.82) is 0 Å². The molecule has 1 amide bonds. The van der Waals surface area contributed by atoms with Gasteiger partial charge in [-0.05, 0) is 36.1 Å². The molecule has 2 aromatic carbocycles. The molecule has 0 aliphatic rings. The second-order valence-electron chi connectivity index (χ2n) is 6.22. The molecule has 0 aliphatic carbocycles. The normalized spacial score (nSPS) is 10.8. The number of aromatic nitrogens is 1. The Morgan fingerprint density at radius 3 is 2.62 bits per heavy atom. The summed E-state index contributed by atoms with van der Waals surface area (Å²) < 4.78 is 0. The van der Waals surface area contributed by atoms with Crippen molar-refractivity contribution >= 4 is 28.1 Å². The van der Waals surface area contributed by atoms with Crippen molar-refractivity contribution in [2.75, 3.05) is 0 Å². The molecule has 1 N–H and O–H groups in total. The van der Waals surface area contributed by atoms with Crippen molar-refractivity contribution in [3.63, 3.8) is 0 Å². The Balaban J connectivity index is 1.67. The van der Waals surface area contributed by atoms with Gasteiger partial charge in [-0.1, -0.05) is 54.1 Å². The predicted octanol–water partition coefficient (Wildman–Crippen LogP) is 5.20. The summed E-state index contributed by atoms with van der Waals surface area (Å²) in [6, 6.07) is 21.9. The lowest BCUT2D eigenvalue weighted by molar-refractivity contribution is 0.0952. The third kappa shape index (κ3) is 3.37. The van der Waals surface area contributed by atoms with E-state index in [4.69, 9.17) is 4.98 Å². The van der Waals surface area contributed by atoms with E-state index in [0.717, 1.165) is 27.0 Å². The molecule has 0 atom stereocenters. The second-order valence-corrected chi connectivity index (χ2v) is 7.17. The summed E-state index contributed by atoms with van der Waals surface area (Å²) in [7, 11) is 0. The van der Waals surface area contributed by atoms with Crippen LogP contribution in [0.3, 0.4) is 0 Å². The number of aryl methyl sites for hydroxylation is 1. The van der Waals surface area contributed by atoms with Crippen molar-refractivity contribution in [1.82, 2.24) is 10.3 Å². The molecule has 0 aliphatic heterocycles. The maximum Gasteiger partial charge on any atom is 0.252 e. The lowest BCUT2D eigenvalue weighted by atomic mass is 10.1. The van der Waals surface area contributed by atoms with Crippen LogP contribution in [0.4, 0.5) is 0 Å². The number of para-hydroxylation sites is 1. The van der Waals surface area contributed by atoms with Gasteiger partial charge in [-0.2, -0.15) is 0 Å². The zero-order valence-corrected chi connectivity index (χ0v) is 15.2. The highest BCUT2D eigenvalue weighted by Gasteiger charge is 2.14. The summed E-state index contributed by atoms with van der Waals surface area (Å²) in [5.41, 5.74) is 4.62. The van der Waals surface area contributed by atoms with Gasteiger partial charge in [0.05, 0.1) is 21.7 Å². The number of benzene rings is 2. The summed E-state index contributed by atoms with van der Waals surface area (Å²) in [6.45, 7) is 2.56. The largest absolute Gasteiger partial charge is 0.348 e. The first-order valence-electron chi connectivity index (χ1n) is 8.48. The number of carbonyl (C=O) groups is 1. The van der Waals surface area contributed by atoms with Crippen molar-refractivity contribution in [3.05, 3.63) is 88.8 Å². The fourth-order valence-corrected chi connectivity index (χ4v) is 3.58. The van der Waals surface area contributed by atoms with Gasteiger partial charge in [0.2, 0.25) is 0 Å². The van der Waals surface area contributed by atoms with Crippen LogP contribution in [0.1, 0.15) is 21.5 Å². The monoisotopic (exact) mass is 358 g/mol. The zero-order valence-electron chi connectivity index (χ0n) is 14.4. The molecule has 0 radical (unpaired) electrons. The van der Waals surface area contributed by atoms with Gasteiger partial charge >= 0.3 is 0 Å². The molecule has 0 saturated carbocycles. The van der Waals surface area contributed by atoms with Crippen LogP contribution in [0, 0.1) is 6.92 Å². The summed E-state index contributed by atoms with van der Waals surface area (Å²) in [5, 5.41) is 5.92. The van der Waals surface area contributed by atoms with Gasteiger partial charge in [0.15, 0.2) is 0 Å². The van der Waals surface area contributed by atoms with Gasteiger partial charge in [0.25, 0.3) is 5.91 Å². The quantitative estimate of drug-likeness (QED) is 0.545. The van der Waals surface area contributed by atoms with Crippen LogP contribution in [0.2, 0.25) is 0 Å². The van der Waals surface area contributed by atoms with Crippen LogP contribution >= 0.6 is 11.3 Å². The van der Waals surface area contributed by atoms with Gasteiger partial charge in [-0.3, -0.25) is 4.79 Å². The van der Waals surface area contributed by atoms with Crippen molar-refractivity contribution in [3.8, 4) is 10.6 Å². The Labute approximate surface area is 156 Å². The van der Waals surface area contributed by atoms with E-state index in [1.807, 2.05) is 60.0 Å². The van der Waals surface area contributed by atoms with Crippen LogP contribution in [0.5, 0.6) is 0 Å². The highest BCUT2D eigenvalue weighted by molar-refractivity contribution is 7.13. The molecule has 2 heterocycles. The molecule has 0 spiro atoms. The smallest absolute Gasteiger partial charge is 0.252 e. The molecule has 3 nitrogen and oxygen atoms in total. The summed E-state index contributed by atoms with van der Waals surface area (Å²) in [6.07, 6.45) is 0. The number of amides is 1. The Kier molecular flexibility index (Phi) is 4.50. The maximum absolute atomic E-state index is 12.9. The van der Waals surface area contributed by atoms with Gasteiger partial charge < -0.3 is 5.32 Å². The van der Waals surface area contributed by atoms with Crippen LogP contribution in [-0.4, -0.2) is 10.9 Å². The van der Waals surface area contributed by atoms with Crippen LogP contribution in [0.15, 0.2) is 72.1 Å². The average Bonchev–Trinajstić information content (AvgIpc) is 3.21. The van der Waals surface area contributed by atoms with E-state index in [0.29, 0.717) is 12.1 Å². The molecule has 128 valence electrons. The number of rotatable bonds is 4. The lowest BCUT2D eigenvalue weighted by Gasteiger charge is -2.10. The van der Waals surface area contributed by atoms with Crippen LogP contribution in [-0.2, 0) is 6.54 Å². The first kappa shape index (κ1) is 16.5. The van der Waals surface area contributed by atoms with Crippen LogP contribution < -0.4 is 5.32 Å². The number of nitrogens with zero attached hydrogens (tertiary/aromatic N) is 1. The Morgan fingerprint density at radius 2 is 1.85 bits per heavy atom. The van der Waals surface area contributed by atoms with E-state index in [9.17, 15) is 4.79 Å². The minimum atomic E-state index is -0.0815. The van der Waals surface area contributed by atoms with Crippen molar-refractivity contribution in [2.45, 2.75) is 13.5 Å². The molecule has 4 heteroatoms. The van der Waals surface area contributed by atoms with E-state index in [2.05, 4.69) is 24.4 Å². The fourth-order valence-electron chi connectivity index (χ4n) is 2.90. The topological polar surface area (TPSA) is 42.0 Å². The van der Waals surface area contributed by atoms with E-state index in [-0.39, 0.29) is 5.91 Å². The van der Waals surface area contributed by atoms with Gasteiger partial charge in [0.1, 0.15) is 0 Å². The molecule has 26 heavy (non-hydrogen) atoms. The highest BCUT2D eigenvalue weighted by atomic mass is 32.1. The Morgan fingerprint density at radius 1 is 1.04 bits per heavy atom. The SMILES string of the molecule is Cc1ccc(CNC(=O)c2cc(-c3cccs3)nc3ccccc23)cc1. The molecule has 0 bridgehead atoms. The Hall–Kier alpha value is -2.98. The van der Waals surface area contributed by atoms with Crippen molar-refractivity contribution < 1.29 is 4.79 Å². The van der Waals surface area contributed by atoms with E-state index in [1.54, 1.807) is 11.3 Å². The highest BCUT2D eigenvalue weighted by Crippen LogP contribution is 2.27. The number of pyridine rings is 1. The number of carbonyl (C=O) groups excluding carboxylic acids is 1. The molecule has 0 fully saturated rings. The molecule has 4 rings (SSSR count). The minimum Gasteiger partial charge on any atom is -0.348 e. The van der Waals surface area contributed by atoms with E-state index < -0.39 is 0 Å². The molecule has 0 saturated heterocycles. The standard InChI is InChI=1S/C22H18N2OS/c1-15-8-10-16(11-9-15)14-23-22(25)18-13-20(21-7-4-12-26-21)24-19-6-3-2-5-17(18)19/h2-13H,14H2,1H3,(H,23,25). The molecule has 4 aromatic rings. The first-order chi connectivity index (χ1) is 12.7. The molecular formula is C22H18N2OS. The predicted molar refractivity (Wildman–Crippen MR) is 107 cm³/mol. The van der Waals surface area contributed by atoms with E-state index >= 15 is 0 Å². The van der Waals surface area contributed by atoms with E-state index in [1.165, 1.54) is 5.56 Å². The average molecular weight is 358 g/mol. The number of fused-ring (bicyclic) bond motifs is 1. The molecule has 2 aromatic heterocycles. The number of thiophene rings is 1. The third-order valence-corrected chi connectivity index (χ3v) is 5.20. The summed E-state index contributed by atoms with van der Waals surface area (Å²) in [5.74, 6) is -0.0815. The second kappa shape index (κ2) is 7.10. The number of hydrogen-bond acceptors (Lipinski definition) is 3.